The molecule has 0 aromatic heterocycles. The standard InChI is InChI=1S/C16H21NO3S/c1-12-6-8-15(9-7-12)21(19,20)11-13(2)17-16(18)10-14-4-3-5-14/h6-10,13H,3-5,11H2,1-2H3,(H,17,18). The summed E-state index contributed by atoms with van der Waals surface area (Å²) in [6.07, 6.45) is 4.68. The van der Waals surface area contributed by atoms with Crippen LogP contribution in [0.2, 0.25) is 0 Å². The Bertz CT molecular complexity index is 639. The zero-order valence-corrected chi connectivity index (χ0v) is 13.2. The lowest BCUT2D eigenvalue weighted by Gasteiger charge is -2.17. The summed E-state index contributed by atoms with van der Waals surface area (Å²) in [5.41, 5.74) is 2.16. The van der Waals surface area contributed by atoms with Gasteiger partial charge in [0.25, 0.3) is 0 Å². The molecule has 1 unspecified atom stereocenters. The lowest BCUT2D eigenvalue weighted by atomic mass is 9.92. The van der Waals surface area contributed by atoms with Crippen LogP contribution in [0.25, 0.3) is 0 Å². The Morgan fingerprint density at radius 1 is 1.29 bits per heavy atom. The Hall–Kier alpha value is -1.62. The zero-order chi connectivity index (χ0) is 15.5. The van der Waals surface area contributed by atoms with Crippen LogP contribution < -0.4 is 5.32 Å². The van der Waals surface area contributed by atoms with E-state index in [1.807, 2.05) is 6.92 Å². The van der Waals surface area contributed by atoms with Crippen LogP contribution in [0.15, 0.2) is 40.8 Å². The van der Waals surface area contributed by atoms with E-state index in [4.69, 9.17) is 0 Å². The second-order valence-electron chi connectivity index (χ2n) is 5.66. The van der Waals surface area contributed by atoms with Crippen molar-refractivity contribution >= 4 is 15.7 Å². The number of aryl methyl sites for hydroxylation is 1. The lowest BCUT2D eigenvalue weighted by molar-refractivity contribution is -0.117. The molecule has 114 valence electrons. The first kappa shape index (κ1) is 15.8. The predicted octanol–water partition coefficient (Wildman–Crippen LogP) is 2.38. The molecule has 1 aromatic rings. The van der Waals surface area contributed by atoms with Gasteiger partial charge in [-0.25, -0.2) is 8.42 Å². The SMILES string of the molecule is Cc1ccc(S(=O)(=O)CC(C)NC(=O)C=C2CCC2)cc1. The van der Waals surface area contributed by atoms with Gasteiger partial charge in [0.05, 0.1) is 10.6 Å². The highest BCUT2D eigenvalue weighted by atomic mass is 32.2. The molecule has 1 aliphatic carbocycles. The molecule has 1 aromatic carbocycles. The van der Waals surface area contributed by atoms with E-state index in [0.29, 0.717) is 4.90 Å². The van der Waals surface area contributed by atoms with Crippen LogP contribution in [0.5, 0.6) is 0 Å². The van der Waals surface area contributed by atoms with E-state index in [9.17, 15) is 13.2 Å². The molecule has 0 saturated heterocycles. The van der Waals surface area contributed by atoms with Crippen LogP contribution in [0, 0.1) is 6.92 Å². The summed E-state index contributed by atoms with van der Waals surface area (Å²) in [6, 6.07) is 6.35. The van der Waals surface area contributed by atoms with Crippen molar-refractivity contribution in [2.75, 3.05) is 5.75 Å². The van der Waals surface area contributed by atoms with Gasteiger partial charge in [0.15, 0.2) is 9.84 Å². The highest BCUT2D eigenvalue weighted by Crippen LogP contribution is 2.24. The van der Waals surface area contributed by atoms with Crippen LogP contribution >= 0.6 is 0 Å². The second-order valence-corrected chi connectivity index (χ2v) is 7.69. The molecule has 0 heterocycles. The van der Waals surface area contributed by atoms with E-state index in [1.165, 1.54) is 0 Å². The number of carbonyl (C=O) groups excluding carboxylic acids is 1. The smallest absolute Gasteiger partial charge is 0.244 e. The summed E-state index contributed by atoms with van der Waals surface area (Å²) in [4.78, 5) is 12.0. The zero-order valence-electron chi connectivity index (χ0n) is 12.4. The Kier molecular flexibility index (Phi) is 4.83. The minimum atomic E-state index is -3.38. The predicted molar refractivity (Wildman–Crippen MR) is 82.8 cm³/mol. The maximum Gasteiger partial charge on any atom is 0.244 e. The van der Waals surface area contributed by atoms with Crippen LogP contribution in [0.3, 0.4) is 0 Å². The molecule has 5 heteroatoms. The molecule has 1 N–H and O–H groups in total. The molecule has 0 aliphatic heterocycles. The fourth-order valence-corrected chi connectivity index (χ4v) is 3.69. The molecule has 1 aliphatic rings. The van der Waals surface area contributed by atoms with Crippen molar-refractivity contribution in [1.82, 2.24) is 5.32 Å². The molecule has 0 radical (unpaired) electrons. The molecule has 0 bridgehead atoms. The van der Waals surface area contributed by atoms with Gasteiger partial charge in [-0.1, -0.05) is 23.3 Å². The minimum Gasteiger partial charge on any atom is -0.349 e. The van der Waals surface area contributed by atoms with Crippen molar-refractivity contribution in [1.29, 1.82) is 0 Å². The van der Waals surface area contributed by atoms with Gasteiger partial charge in [-0.15, -0.1) is 0 Å². The maximum absolute atomic E-state index is 12.3. The topological polar surface area (TPSA) is 63.2 Å². The van der Waals surface area contributed by atoms with Crippen molar-refractivity contribution in [3.63, 3.8) is 0 Å². The molecule has 2 rings (SSSR count). The molecule has 1 fully saturated rings. The molecule has 4 nitrogen and oxygen atoms in total. The maximum atomic E-state index is 12.3. The van der Waals surface area contributed by atoms with Gasteiger partial charge in [-0.05, 0) is 45.2 Å². The number of nitrogens with one attached hydrogen (secondary N) is 1. The van der Waals surface area contributed by atoms with Crippen LogP contribution in [0.1, 0.15) is 31.7 Å². The summed E-state index contributed by atoms with van der Waals surface area (Å²) < 4.78 is 24.5. The van der Waals surface area contributed by atoms with Crippen molar-refractivity contribution in [3.8, 4) is 0 Å². The average molecular weight is 307 g/mol. The highest BCUT2D eigenvalue weighted by Gasteiger charge is 2.19. The summed E-state index contributed by atoms with van der Waals surface area (Å²) >= 11 is 0. The Morgan fingerprint density at radius 3 is 2.43 bits per heavy atom. The van der Waals surface area contributed by atoms with E-state index in [-0.39, 0.29) is 11.7 Å². The monoisotopic (exact) mass is 307 g/mol. The fraction of sp³-hybridized carbons (Fsp3) is 0.438. The molecule has 21 heavy (non-hydrogen) atoms. The quantitative estimate of drug-likeness (QED) is 0.850. The lowest BCUT2D eigenvalue weighted by Crippen LogP contribution is -2.37. The van der Waals surface area contributed by atoms with Crippen LogP contribution in [-0.2, 0) is 14.6 Å². The first-order valence-corrected chi connectivity index (χ1v) is 8.81. The van der Waals surface area contributed by atoms with Crippen molar-refractivity contribution < 1.29 is 13.2 Å². The normalized spacial score (nSPS) is 16.0. The van der Waals surface area contributed by atoms with Gasteiger partial charge in [0.2, 0.25) is 5.91 Å². The Morgan fingerprint density at radius 2 is 1.90 bits per heavy atom. The number of rotatable bonds is 5. The van der Waals surface area contributed by atoms with E-state index >= 15 is 0 Å². The summed E-state index contributed by atoms with van der Waals surface area (Å²) in [7, 11) is -3.38. The molecule has 1 atom stereocenters. The van der Waals surface area contributed by atoms with Gasteiger partial charge in [0.1, 0.15) is 0 Å². The fourth-order valence-electron chi connectivity index (χ4n) is 2.21. The van der Waals surface area contributed by atoms with Gasteiger partial charge < -0.3 is 5.32 Å². The minimum absolute atomic E-state index is 0.0923. The number of carbonyl (C=O) groups is 1. The van der Waals surface area contributed by atoms with Gasteiger partial charge in [-0.2, -0.15) is 0 Å². The van der Waals surface area contributed by atoms with E-state index < -0.39 is 15.9 Å². The van der Waals surface area contributed by atoms with E-state index in [2.05, 4.69) is 5.32 Å². The first-order chi connectivity index (χ1) is 9.87. The third-order valence-electron chi connectivity index (χ3n) is 3.57. The van der Waals surface area contributed by atoms with Crippen LogP contribution in [-0.4, -0.2) is 26.1 Å². The molecular weight excluding hydrogens is 286 g/mol. The van der Waals surface area contributed by atoms with Crippen molar-refractivity contribution in [3.05, 3.63) is 41.5 Å². The van der Waals surface area contributed by atoms with Crippen molar-refractivity contribution in [2.45, 2.75) is 44.0 Å². The van der Waals surface area contributed by atoms with E-state index in [1.54, 1.807) is 37.3 Å². The number of benzene rings is 1. The molecule has 1 saturated carbocycles. The molecule has 0 spiro atoms. The number of hydrogen-bond acceptors (Lipinski definition) is 3. The number of allylic oxidation sites excluding steroid dienone is 1. The third kappa shape index (κ3) is 4.43. The Labute approximate surface area is 126 Å². The molecular formula is C16H21NO3S. The van der Waals surface area contributed by atoms with Crippen LogP contribution in [0.4, 0.5) is 0 Å². The molecule has 1 amide bonds. The summed E-state index contributed by atoms with van der Waals surface area (Å²) in [5, 5.41) is 2.72. The van der Waals surface area contributed by atoms with Gasteiger partial charge in [-0.3, -0.25) is 4.79 Å². The highest BCUT2D eigenvalue weighted by molar-refractivity contribution is 7.91. The summed E-state index contributed by atoms with van der Waals surface area (Å²) in [5.74, 6) is -0.290. The van der Waals surface area contributed by atoms with E-state index in [0.717, 1.165) is 30.4 Å². The Balaban J connectivity index is 1.96. The summed E-state index contributed by atoms with van der Waals surface area (Å²) in [6.45, 7) is 3.62. The second kappa shape index (κ2) is 6.43. The largest absolute Gasteiger partial charge is 0.349 e. The first-order valence-electron chi connectivity index (χ1n) is 7.16. The number of hydrogen-bond donors (Lipinski definition) is 1. The van der Waals surface area contributed by atoms with Gasteiger partial charge >= 0.3 is 0 Å². The third-order valence-corrected chi connectivity index (χ3v) is 5.50. The van der Waals surface area contributed by atoms with Gasteiger partial charge in [0, 0.05) is 12.1 Å². The van der Waals surface area contributed by atoms with Crippen molar-refractivity contribution in [2.24, 2.45) is 0 Å². The average Bonchev–Trinajstić information content (AvgIpc) is 2.33. The number of sulfone groups is 1. The number of amides is 1.